The molecule has 1 atom stereocenters. The highest BCUT2D eigenvalue weighted by Gasteiger charge is 2.34. The van der Waals surface area contributed by atoms with Crippen molar-refractivity contribution in [1.29, 1.82) is 0 Å². The summed E-state index contributed by atoms with van der Waals surface area (Å²) in [7, 11) is 0. The van der Waals surface area contributed by atoms with Crippen LogP contribution in [0.25, 0.3) is 0 Å². The first kappa shape index (κ1) is 19.5. The van der Waals surface area contributed by atoms with Crippen molar-refractivity contribution < 1.29 is 28.4 Å². The fourth-order valence-corrected chi connectivity index (χ4v) is 3.41. The molecule has 0 aliphatic heterocycles. The van der Waals surface area contributed by atoms with Gasteiger partial charge in [0.25, 0.3) is 0 Å². The van der Waals surface area contributed by atoms with Crippen molar-refractivity contribution in [3.63, 3.8) is 0 Å². The number of fused-ring (bicyclic) bond motifs is 1. The molecule has 0 saturated carbocycles. The molecule has 2 aromatic rings. The number of benzene rings is 2. The molecular formula is C19H19ClF3N2O2+. The fourth-order valence-electron chi connectivity index (χ4n) is 3.18. The second-order valence-corrected chi connectivity index (χ2v) is 7.32. The van der Waals surface area contributed by atoms with E-state index in [4.69, 9.17) is 11.6 Å². The Labute approximate surface area is 159 Å². The minimum absolute atomic E-state index is 0.0357. The monoisotopic (exact) mass is 399 g/mol. The van der Waals surface area contributed by atoms with Crippen molar-refractivity contribution in [2.45, 2.75) is 38.0 Å². The summed E-state index contributed by atoms with van der Waals surface area (Å²) in [5.74, 6) is 0. The van der Waals surface area contributed by atoms with E-state index >= 15 is 0 Å². The molecule has 8 heteroatoms. The van der Waals surface area contributed by atoms with Crippen molar-refractivity contribution in [2.24, 2.45) is 0 Å². The number of aliphatic hydroxyl groups is 2. The van der Waals surface area contributed by atoms with E-state index in [1.807, 2.05) is 12.1 Å². The van der Waals surface area contributed by atoms with E-state index in [1.54, 1.807) is 13.0 Å². The topological polar surface area (TPSA) is 66.5 Å². The molecule has 0 radical (unpaired) electrons. The normalized spacial score (nSPS) is 20.3. The number of anilines is 1. The summed E-state index contributed by atoms with van der Waals surface area (Å²) in [6.45, 7) is 1.75. The first-order valence-electron chi connectivity index (χ1n) is 8.35. The largest absolute Gasteiger partial charge is 0.449 e. The second-order valence-electron chi connectivity index (χ2n) is 6.91. The summed E-state index contributed by atoms with van der Waals surface area (Å²) < 4.78 is 38.9. The minimum Gasteiger partial charge on any atom is -0.447 e. The van der Waals surface area contributed by atoms with Gasteiger partial charge < -0.3 is 10.2 Å². The molecule has 0 amide bonds. The summed E-state index contributed by atoms with van der Waals surface area (Å²) in [4.78, 5) is 2.76. The maximum Gasteiger partial charge on any atom is 0.449 e. The minimum atomic E-state index is -4.60. The zero-order valence-corrected chi connectivity index (χ0v) is 15.2. The molecule has 1 aliphatic rings. The van der Waals surface area contributed by atoms with Crippen LogP contribution in [0, 0.1) is 0 Å². The number of aryl methyl sites for hydroxylation is 1. The van der Waals surface area contributed by atoms with Crippen LogP contribution in [0.3, 0.4) is 0 Å². The van der Waals surface area contributed by atoms with Gasteiger partial charge in [-0.05, 0) is 49.6 Å². The number of halogens is 4. The first-order chi connectivity index (χ1) is 12.5. The molecule has 0 aromatic heterocycles. The van der Waals surface area contributed by atoms with Gasteiger partial charge >= 0.3 is 12.2 Å². The molecular weight excluding hydrogens is 381 g/mol. The lowest BCUT2D eigenvalue weighted by atomic mass is 9.81. The summed E-state index contributed by atoms with van der Waals surface area (Å²) in [6.07, 6.45) is -2.83. The second kappa shape index (κ2) is 7.05. The van der Waals surface area contributed by atoms with Gasteiger partial charge in [-0.2, -0.15) is 13.2 Å². The van der Waals surface area contributed by atoms with E-state index in [0.717, 1.165) is 23.3 Å². The Hall–Kier alpha value is -2.25. The maximum absolute atomic E-state index is 13.0. The molecule has 1 unspecified atom stereocenters. The lowest BCUT2D eigenvalue weighted by Crippen LogP contribution is -2.69. The van der Waals surface area contributed by atoms with E-state index < -0.39 is 28.4 Å². The highest BCUT2D eigenvalue weighted by Crippen LogP contribution is 2.36. The highest BCUT2D eigenvalue weighted by atomic mass is 35.5. The first-order valence-corrected chi connectivity index (χ1v) is 8.73. The molecule has 0 spiro atoms. The van der Waals surface area contributed by atoms with Crippen LogP contribution in [-0.2, 0) is 19.0 Å². The Bertz CT molecular complexity index is 895. The zero-order chi connectivity index (χ0) is 19.8. The van der Waals surface area contributed by atoms with Crippen molar-refractivity contribution >= 4 is 29.0 Å². The van der Waals surface area contributed by atoms with Gasteiger partial charge in [-0.15, -0.1) is 0 Å². The molecule has 0 fully saturated rings. The molecule has 4 N–H and O–H groups in total. The Kier molecular flexibility index (Phi) is 5.10. The lowest BCUT2D eigenvalue weighted by molar-refractivity contribution is -0.366. The average Bonchev–Trinajstić information content (AvgIpc) is 2.55. The van der Waals surface area contributed by atoms with Crippen LogP contribution >= 0.6 is 11.6 Å². The molecule has 4 nitrogen and oxygen atoms in total. The number of alkyl halides is 3. The predicted octanol–water partition coefficient (Wildman–Crippen LogP) is 3.34. The van der Waals surface area contributed by atoms with Gasteiger partial charge in [0.2, 0.25) is 0 Å². The van der Waals surface area contributed by atoms with Gasteiger partial charge in [0.05, 0.1) is 16.2 Å². The van der Waals surface area contributed by atoms with Crippen molar-refractivity contribution in [1.82, 2.24) is 0 Å². The number of nitrogens with one attached hydrogen (secondary N) is 2. The molecule has 0 saturated heterocycles. The number of hydrogen-bond donors (Lipinski definition) is 4. The Morgan fingerprint density at radius 1 is 1.26 bits per heavy atom. The van der Waals surface area contributed by atoms with Gasteiger partial charge in [0, 0.05) is 12.0 Å². The van der Waals surface area contributed by atoms with Crippen LogP contribution in [0.4, 0.5) is 24.5 Å². The SMILES string of the molecule is CC1(O)CCc2cccc([NH+]=C(O)Nc3ccc(Cl)c(C(F)(F)F)c3)c2C1. The van der Waals surface area contributed by atoms with Crippen LogP contribution in [-0.4, -0.2) is 21.8 Å². The van der Waals surface area contributed by atoms with Gasteiger partial charge in [-0.3, -0.25) is 0 Å². The number of rotatable bonds is 2. The third kappa shape index (κ3) is 4.54. The molecule has 0 heterocycles. The number of aliphatic hydroxyl groups excluding tert-OH is 1. The van der Waals surface area contributed by atoms with Crippen LogP contribution in [0.5, 0.6) is 0 Å². The van der Waals surface area contributed by atoms with E-state index in [-0.39, 0.29) is 5.69 Å². The van der Waals surface area contributed by atoms with Crippen LogP contribution in [0.1, 0.15) is 30.0 Å². The molecule has 144 valence electrons. The molecule has 27 heavy (non-hydrogen) atoms. The van der Waals surface area contributed by atoms with Gasteiger partial charge in [0.1, 0.15) is 11.4 Å². The summed E-state index contributed by atoms with van der Waals surface area (Å²) in [6, 6.07) is 8.35. The Morgan fingerprint density at radius 2 is 2.00 bits per heavy atom. The van der Waals surface area contributed by atoms with Gasteiger partial charge in [-0.25, -0.2) is 10.3 Å². The Morgan fingerprint density at radius 3 is 2.70 bits per heavy atom. The maximum atomic E-state index is 13.0. The average molecular weight is 400 g/mol. The van der Waals surface area contributed by atoms with Gasteiger partial charge in [-0.1, -0.05) is 23.7 Å². The zero-order valence-electron chi connectivity index (χ0n) is 14.5. The smallest absolute Gasteiger partial charge is 0.447 e. The predicted molar refractivity (Wildman–Crippen MR) is 97.4 cm³/mol. The lowest BCUT2D eigenvalue weighted by Gasteiger charge is -2.30. The van der Waals surface area contributed by atoms with E-state index in [2.05, 4.69) is 10.3 Å². The third-order valence-corrected chi connectivity index (χ3v) is 4.88. The van der Waals surface area contributed by atoms with Gasteiger partial charge in [0.15, 0.2) is 0 Å². The van der Waals surface area contributed by atoms with Crippen molar-refractivity contribution in [3.05, 3.63) is 58.1 Å². The third-order valence-electron chi connectivity index (χ3n) is 4.55. The van der Waals surface area contributed by atoms with E-state index in [1.165, 1.54) is 6.07 Å². The van der Waals surface area contributed by atoms with Crippen LogP contribution in [0.15, 0.2) is 36.4 Å². The van der Waals surface area contributed by atoms with E-state index in [0.29, 0.717) is 24.9 Å². The molecule has 0 bridgehead atoms. The van der Waals surface area contributed by atoms with Crippen LogP contribution in [0.2, 0.25) is 5.02 Å². The quantitative estimate of drug-likeness (QED) is 0.462. The summed E-state index contributed by atoms with van der Waals surface area (Å²) >= 11 is 5.60. The highest BCUT2D eigenvalue weighted by molar-refractivity contribution is 6.31. The summed E-state index contributed by atoms with van der Waals surface area (Å²) in [5.41, 5.74) is 0.719. The number of hydrogen-bond acceptors (Lipinski definition) is 1. The standard InChI is InChI=1S/C19H18ClF3N2O2/c1-18(27)8-7-11-3-2-4-16(13(11)10-18)25-17(26)24-12-5-6-15(20)14(9-12)19(21,22)23/h2-6,9,27H,7-8,10H2,1H3,(H2,24,25,26)/p+1. The molecule has 2 aromatic carbocycles. The van der Waals surface area contributed by atoms with Crippen molar-refractivity contribution in [2.75, 3.05) is 5.32 Å². The van der Waals surface area contributed by atoms with Crippen LogP contribution < -0.4 is 10.3 Å². The van der Waals surface area contributed by atoms with E-state index in [9.17, 15) is 23.4 Å². The Balaban J connectivity index is 1.88. The molecule has 1 aliphatic carbocycles. The number of amidine groups is 1. The fraction of sp³-hybridized carbons (Fsp3) is 0.316. The summed E-state index contributed by atoms with van der Waals surface area (Å²) in [5, 5.41) is 22.6. The van der Waals surface area contributed by atoms with Crippen molar-refractivity contribution in [3.8, 4) is 0 Å². The molecule has 3 rings (SSSR count).